The molecule has 2 rings (SSSR count). The lowest BCUT2D eigenvalue weighted by Gasteiger charge is -2.12. The van der Waals surface area contributed by atoms with Crippen molar-refractivity contribution < 1.29 is 9.50 Å². The van der Waals surface area contributed by atoms with E-state index in [0.29, 0.717) is 17.8 Å². The molecule has 0 saturated carbocycles. The number of pyridine rings is 1. The van der Waals surface area contributed by atoms with E-state index >= 15 is 0 Å². The summed E-state index contributed by atoms with van der Waals surface area (Å²) in [5, 5.41) is 10.0. The lowest BCUT2D eigenvalue weighted by Crippen LogP contribution is -2.06. The van der Waals surface area contributed by atoms with Gasteiger partial charge in [0.15, 0.2) is 0 Å². The zero-order valence-electron chi connectivity index (χ0n) is 9.18. The number of hydrogen-bond acceptors (Lipinski definition) is 3. The van der Waals surface area contributed by atoms with E-state index in [1.165, 1.54) is 12.1 Å². The van der Waals surface area contributed by atoms with Gasteiger partial charge in [-0.3, -0.25) is 0 Å². The van der Waals surface area contributed by atoms with E-state index in [4.69, 9.17) is 5.73 Å². The first kappa shape index (κ1) is 11.5. The monoisotopic (exact) mass is 232 g/mol. The van der Waals surface area contributed by atoms with Crippen LogP contribution in [-0.4, -0.2) is 10.1 Å². The van der Waals surface area contributed by atoms with Gasteiger partial charge < -0.3 is 10.8 Å². The summed E-state index contributed by atoms with van der Waals surface area (Å²) < 4.78 is 12.7. The number of nitrogens with zero attached hydrogens (tertiary/aromatic N) is 1. The van der Waals surface area contributed by atoms with Crippen LogP contribution in [0.2, 0.25) is 0 Å². The second-order valence-electron chi connectivity index (χ2n) is 3.82. The van der Waals surface area contributed by atoms with Crippen molar-refractivity contribution in [2.75, 3.05) is 5.73 Å². The average Bonchev–Trinajstić information content (AvgIpc) is 2.32. The van der Waals surface area contributed by atoms with Crippen molar-refractivity contribution in [2.24, 2.45) is 0 Å². The Hall–Kier alpha value is -1.94. The van der Waals surface area contributed by atoms with E-state index in [1.54, 1.807) is 30.5 Å². The minimum atomic E-state index is -0.728. The first-order valence-electron chi connectivity index (χ1n) is 5.29. The first-order valence-corrected chi connectivity index (χ1v) is 5.29. The predicted octanol–water partition coefficient (Wildman–Crippen LogP) is 2.08. The van der Waals surface area contributed by atoms with E-state index in [0.717, 1.165) is 5.56 Å². The van der Waals surface area contributed by atoms with Crippen LogP contribution in [0.15, 0.2) is 42.6 Å². The molecule has 0 spiro atoms. The standard InChI is InChI=1S/C13H13FN2O/c14-10-5-3-9(4-6-10)8-12(17)11-2-1-7-16-13(11)15/h1-7,12,17H,8H2,(H2,15,16). The summed E-state index contributed by atoms with van der Waals surface area (Å²) >= 11 is 0. The van der Waals surface area contributed by atoms with E-state index in [1.807, 2.05) is 0 Å². The van der Waals surface area contributed by atoms with Gasteiger partial charge in [0.25, 0.3) is 0 Å². The predicted molar refractivity (Wildman–Crippen MR) is 63.7 cm³/mol. The zero-order valence-corrected chi connectivity index (χ0v) is 9.18. The Morgan fingerprint density at radius 3 is 2.59 bits per heavy atom. The number of benzene rings is 1. The number of nitrogen functional groups attached to an aromatic ring is 1. The van der Waals surface area contributed by atoms with Crippen molar-refractivity contribution in [1.29, 1.82) is 0 Å². The molecule has 0 aliphatic rings. The fourth-order valence-corrected chi connectivity index (χ4v) is 1.67. The normalized spacial score (nSPS) is 12.4. The average molecular weight is 232 g/mol. The van der Waals surface area contributed by atoms with Crippen LogP contribution in [0.1, 0.15) is 17.2 Å². The lowest BCUT2D eigenvalue weighted by molar-refractivity contribution is 0.179. The molecular formula is C13H13FN2O. The number of anilines is 1. The summed E-state index contributed by atoms with van der Waals surface area (Å²) in [4.78, 5) is 3.91. The van der Waals surface area contributed by atoms with Crippen LogP contribution < -0.4 is 5.73 Å². The molecule has 0 saturated heterocycles. The molecular weight excluding hydrogens is 219 g/mol. The Morgan fingerprint density at radius 1 is 1.24 bits per heavy atom. The van der Waals surface area contributed by atoms with Crippen LogP contribution >= 0.6 is 0 Å². The summed E-state index contributed by atoms with van der Waals surface area (Å²) in [7, 11) is 0. The summed E-state index contributed by atoms with van der Waals surface area (Å²) in [6.07, 6.45) is 1.23. The number of rotatable bonds is 3. The van der Waals surface area contributed by atoms with E-state index in [9.17, 15) is 9.50 Å². The van der Waals surface area contributed by atoms with E-state index in [2.05, 4.69) is 4.98 Å². The quantitative estimate of drug-likeness (QED) is 0.851. The molecule has 1 aromatic carbocycles. The molecule has 1 aromatic heterocycles. The number of aliphatic hydroxyl groups is 1. The van der Waals surface area contributed by atoms with Crippen molar-refractivity contribution >= 4 is 5.82 Å². The smallest absolute Gasteiger partial charge is 0.129 e. The molecule has 3 N–H and O–H groups in total. The number of hydrogen-bond donors (Lipinski definition) is 2. The highest BCUT2D eigenvalue weighted by Gasteiger charge is 2.12. The molecule has 2 aromatic rings. The zero-order chi connectivity index (χ0) is 12.3. The molecule has 88 valence electrons. The maximum absolute atomic E-state index is 12.7. The molecule has 4 heteroatoms. The highest BCUT2D eigenvalue weighted by atomic mass is 19.1. The van der Waals surface area contributed by atoms with Gasteiger partial charge in [-0.15, -0.1) is 0 Å². The molecule has 0 radical (unpaired) electrons. The van der Waals surface area contributed by atoms with Gasteiger partial charge in [0.1, 0.15) is 11.6 Å². The van der Waals surface area contributed by atoms with Gasteiger partial charge in [-0.1, -0.05) is 18.2 Å². The highest BCUT2D eigenvalue weighted by Crippen LogP contribution is 2.21. The summed E-state index contributed by atoms with van der Waals surface area (Å²) in [5.41, 5.74) is 7.11. The van der Waals surface area contributed by atoms with Gasteiger partial charge >= 0.3 is 0 Å². The summed E-state index contributed by atoms with van der Waals surface area (Å²) in [6.45, 7) is 0. The number of nitrogens with two attached hydrogens (primary N) is 1. The molecule has 0 aliphatic carbocycles. The second-order valence-corrected chi connectivity index (χ2v) is 3.82. The summed E-state index contributed by atoms with van der Waals surface area (Å²) in [5.74, 6) is 0.0336. The molecule has 0 aliphatic heterocycles. The Labute approximate surface area is 98.7 Å². The van der Waals surface area contributed by atoms with Gasteiger partial charge in [0.2, 0.25) is 0 Å². The third kappa shape index (κ3) is 2.79. The van der Waals surface area contributed by atoms with Crippen LogP contribution in [-0.2, 0) is 6.42 Å². The maximum Gasteiger partial charge on any atom is 0.129 e. The lowest BCUT2D eigenvalue weighted by atomic mass is 10.0. The third-order valence-corrected chi connectivity index (χ3v) is 2.57. The first-order chi connectivity index (χ1) is 8.16. The van der Waals surface area contributed by atoms with Crippen LogP contribution in [0.4, 0.5) is 10.2 Å². The molecule has 0 fully saturated rings. The van der Waals surface area contributed by atoms with Gasteiger partial charge in [-0.25, -0.2) is 9.37 Å². The molecule has 0 amide bonds. The molecule has 1 unspecified atom stereocenters. The topological polar surface area (TPSA) is 59.1 Å². The summed E-state index contributed by atoms with van der Waals surface area (Å²) in [6, 6.07) is 9.48. The third-order valence-electron chi connectivity index (χ3n) is 2.57. The van der Waals surface area contributed by atoms with Gasteiger partial charge in [-0.05, 0) is 23.8 Å². The SMILES string of the molecule is Nc1ncccc1C(O)Cc1ccc(F)cc1. The Morgan fingerprint density at radius 2 is 1.94 bits per heavy atom. The van der Waals surface area contributed by atoms with Crippen LogP contribution in [0.5, 0.6) is 0 Å². The van der Waals surface area contributed by atoms with Gasteiger partial charge in [-0.2, -0.15) is 0 Å². The molecule has 1 atom stereocenters. The van der Waals surface area contributed by atoms with Crippen molar-refractivity contribution in [3.63, 3.8) is 0 Å². The van der Waals surface area contributed by atoms with Crippen LogP contribution in [0.25, 0.3) is 0 Å². The number of aromatic nitrogens is 1. The highest BCUT2D eigenvalue weighted by molar-refractivity contribution is 5.40. The van der Waals surface area contributed by atoms with Crippen LogP contribution in [0, 0.1) is 5.82 Å². The maximum atomic E-state index is 12.7. The molecule has 17 heavy (non-hydrogen) atoms. The number of aliphatic hydroxyl groups excluding tert-OH is 1. The van der Waals surface area contributed by atoms with Gasteiger partial charge in [0.05, 0.1) is 6.10 Å². The Bertz CT molecular complexity index is 499. The fraction of sp³-hybridized carbons (Fsp3) is 0.154. The Balaban J connectivity index is 2.14. The molecule has 1 heterocycles. The van der Waals surface area contributed by atoms with Crippen molar-refractivity contribution in [1.82, 2.24) is 4.98 Å². The van der Waals surface area contributed by atoms with E-state index in [-0.39, 0.29) is 5.82 Å². The largest absolute Gasteiger partial charge is 0.388 e. The minimum Gasteiger partial charge on any atom is -0.388 e. The number of halogens is 1. The van der Waals surface area contributed by atoms with E-state index < -0.39 is 6.10 Å². The molecule has 0 bridgehead atoms. The van der Waals surface area contributed by atoms with Crippen LogP contribution in [0.3, 0.4) is 0 Å². The van der Waals surface area contributed by atoms with Crippen molar-refractivity contribution in [3.05, 3.63) is 59.5 Å². The van der Waals surface area contributed by atoms with Gasteiger partial charge in [0, 0.05) is 18.2 Å². The molecule has 3 nitrogen and oxygen atoms in total. The Kier molecular flexibility index (Phi) is 3.35. The second kappa shape index (κ2) is 4.93. The van der Waals surface area contributed by atoms with Crippen molar-refractivity contribution in [2.45, 2.75) is 12.5 Å². The van der Waals surface area contributed by atoms with Crippen molar-refractivity contribution in [3.8, 4) is 0 Å². The minimum absolute atomic E-state index is 0.288. The fourth-order valence-electron chi connectivity index (χ4n) is 1.67.